The second kappa shape index (κ2) is 8.67. The van der Waals surface area contributed by atoms with Gasteiger partial charge in [0.15, 0.2) is 0 Å². The third-order valence-corrected chi connectivity index (χ3v) is 5.36. The van der Waals surface area contributed by atoms with Crippen molar-refractivity contribution in [3.63, 3.8) is 0 Å². The molecule has 0 radical (unpaired) electrons. The van der Waals surface area contributed by atoms with Crippen molar-refractivity contribution in [1.29, 1.82) is 0 Å². The van der Waals surface area contributed by atoms with Crippen LogP contribution in [0.4, 0.5) is 0 Å². The van der Waals surface area contributed by atoms with Crippen molar-refractivity contribution in [2.45, 2.75) is 13.5 Å². The molecule has 0 atom stereocenters. The number of carbonyl (C=O) groups excluding carboxylic acids is 1. The van der Waals surface area contributed by atoms with Gasteiger partial charge in [-0.15, -0.1) is 11.3 Å². The van der Waals surface area contributed by atoms with Crippen LogP contribution >= 0.6 is 11.3 Å². The number of aromatic nitrogens is 3. The molecular formula is C23H20N4OS. The van der Waals surface area contributed by atoms with E-state index in [0.29, 0.717) is 6.54 Å². The van der Waals surface area contributed by atoms with Gasteiger partial charge in [-0.05, 0) is 48.2 Å². The SMILES string of the molecule is Cc1cccnc1CNC(=O)/C=C/c1cn(-c2ccccc2)nc1-c1cccs1. The zero-order chi connectivity index (χ0) is 20.1. The quantitative estimate of drug-likeness (QED) is 0.480. The van der Waals surface area contributed by atoms with Gasteiger partial charge in [-0.1, -0.05) is 30.3 Å². The first-order chi connectivity index (χ1) is 14.2. The van der Waals surface area contributed by atoms with E-state index in [1.165, 1.54) is 0 Å². The Labute approximate surface area is 173 Å². The van der Waals surface area contributed by atoms with Gasteiger partial charge < -0.3 is 5.32 Å². The molecule has 29 heavy (non-hydrogen) atoms. The van der Waals surface area contributed by atoms with Crippen LogP contribution < -0.4 is 5.32 Å². The summed E-state index contributed by atoms with van der Waals surface area (Å²) in [7, 11) is 0. The predicted octanol–water partition coefficient (Wildman–Crippen LogP) is 4.63. The molecule has 1 aromatic carbocycles. The first-order valence-electron chi connectivity index (χ1n) is 9.26. The monoisotopic (exact) mass is 400 g/mol. The number of amides is 1. The summed E-state index contributed by atoms with van der Waals surface area (Å²) in [6.45, 7) is 2.38. The van der Waals surface area contributed by atoms with E-state index in [-0.39, 0.29) is 5.91 Å². The number of nitrogens with one attached hydrogen (secondary N) is 1. The molecule has 0 aliphatic rings. The Kier molecular flexibility index (Phi) is 5.63. The van der Waals surface area contributed by atoms with E-state index >= 15 is 0 Å². The van der Waals surface area contributed by atoms with Crippen LogP contribution in [-0.4, -0.2) is 20.7 Å². The smallest absolute Gasteiger partial charge is 0.244 e. The highest BCUT2D eigenvalue weighted by atomic mass is 32.1. The molecule has 4 aromatic rings. The molecule has 0 bridgehead atoms. The van der Waals surface area contributed by atoms with E-state index in [1.807, 2.05) is 83.9 Å². The van der Waals surface area contributed by atoms with E-state index in [1.54, 1.807) is 23.6 Å². The Bertz CT molecular complexity index is 1130. The normalized spacial score (nSPS) is 11.1. The molecule has 0 saturated heterocycles. The summed E-state index contributed by atoms with van der Waals surface area (Å²) in [5.74, 6) is -0.167. The molecule has 0 saturated carbocycles. The Morgan fingerprint density at radius 1 is 1.14 bits per heavy atom. The van der Waals surface area contributed by atoms with E-state index in [4.69, 9.17) is 5.10 Å². The number of pyridine rings is 1. The van der Waals surface area contributed by atoms with Gasteiger partial charge in [0.2, 0.25) is 5.91 Å². The van der Waals surface area contributed by atoms with Crippen LogP contribution in [0.15, 0.2) is 78.4 Å². The lowest BCUT2D eigenvalue weighted by Gasteiger charge is -2.04. The molecule has 3 heterocycles. The van der Waals surface area contributed by atoms with Crippen LogP contribution in [0, 0.1) is 6.92 Å². The minimum atomic E-state index is -0.167. The van der Waals surface area contributed by atoms with Crippen LogP contribution in [0.2, 0.25) is 0 Å². The summed E-state index contributed by atoms with van der Waals surface area (Å²) in [5, 5.41) is 9.65. The first kappa shape index (κ1) is 18.8. The van der Waals surface area contributed by atoms with Crippen molar-refractivity contribution in [3.05, 3.63) is 95.3 Å². The van der Waals surface area contributed by atoms with E-state index in [2.05, 4.69) is 10.3 Å². The standard InChI is InChI=1S/C23H20N4OS/c1-17-7-5-13-24-20(17)15-25-22(28)12-11-18-16-27(19-8-3-2-4-9-19)26-23(18)21-10-6-14-29-21/h2-14,16H,15H2,1H3,(H,25,28)/b12-11+. The molecule has 0 spiro atoms. The lowest BCUT2D eigenvalue weighted by atomic mass is 10.2. The number of carbonyl (C=O) groups is 1. The molecule has 4 rings (SSSR count). The maximum absolute atomic E-state index is 12.3. The Morgan fingerprint density at radius 2 is 2.00 bits per heavy atom. The second-order valence-corrected chi connectivity index (χ2v) is 7.46. The molecule has 0 fully saturated rings. The molecule has 1 N–H and O–H groups in total. The van der Waals surface area contributed by atoms with Crippen molar-refractivity contribution in [1.82, 2.24) is 20.1 Å². The molecule has 144 valence electrons. The minimum absolute atomic E-state index is 0.167. The fourth-order valence-corrected chi connectivity index (χ4v) is 3.66. The molecule has 3 aromatic heterocycles. The molecule has 5 nitrogen and oxygen atoms in total. The lowest BCUT2D eigenvalue weighted by molar-refractivity contribution is -0.116. The zero-order valence-electron chi connectivity index (χ0n) is 15.9. The predicted molar refractivity (Wildman–Crippen MR) is 117 cm³/mol. The van der Waals surface area contributed by atoms with Crippen molar-refractivity contribution < 1.29 is 4.79 Å². The summed E-state index contributed by atoms with van der Waals surface area (Å²) in [5.41, 5.74) is 4.64. The molecule has 0 aliphatic carbocycles. The van der Waals surface area contributed by atoms with Gasteiger partial charge in [0.05, 0.1) is 22.8 Å². The molecular weight excluding hydrogens is 380 g/mol. The molecule has 1 amide bonds. The van der Waals surface area contributed by atoms with Crippen LogP contribution in [0.3, 0.4) is 0 Å². The first-order valence-corrected chi connectivity index (χ1v) is 10.1. The number of rotatable bonds is 6. The van der Waals surface area contributed by atoms with E-state index in [9.17, 15) is 4.79 Å². The van der Waals surface area contributed by atoms with Crippen molar-refractivity contribution in [2.24, 2.45) is 0 Å². The average molecular weight is 401 g/mol. The molecule has 0 unspecified atom stereocenters. The second-order valence-electron chi connectivity index (χ2n) is 6.51. The highest BCUT2D eigenvalue weighted by Crippen LogP contribution is 2.28. The zero-order valence-corrected chi connectivity index (χ0v) is 16.8. The number of hydrogen-bond donors (Lipinski definition) is 1. The van der Waals surface area contributed by atoms with Crippen LogP contribution in [0.25, 0.3) is 22.3 Å². The lowest BCUT2D eigenvalue weighted by Crippen LogP contribution is -2.21. The minimum Gasteiger partial charge on any atom is -0.347 e. The Hall–Kier alpha value is -3.51. The van der Waals surface area contributed by atoms with Gasteiger partial charge in [0.1, 0.15) is 5.69 Å². The largest absolute Gasteiger partial charge is 0.347 e. The fraction of sp³-hybridized carbons (Fsp3) is 0.0870. The molecule has 0 aliphatic heterocycles. The Morgan fingerprint density at radius 3 is 2.76 bits per heavy atom. The topological polar surface area (TPSA) is 59.8 Å². The van der Waals surface area contributed by atoms with E-state index < -0.39 is 0 Å². The number of nitrogens with zero attached hydrogens (tertiary/aromatic N) is 3. The van der Waals surface area contributed by atoms with Gasteiger partial charge in [-0.25, -0.2) is 4.68 Å². The van der Waals surface area contributed by atoms with Crippen molar-refractivity contribution in [2.75, 3.05) is 0 Å². The van der Waals surface area contributed by atoms with Gasteiger partial charge >= 0.3 is 0 Å². The highest BCUT2D eigenvalue weighted by molar-refractivity contribution is 7.13. The van der Waals surface area contributed by atoms with Gasteiger partial charge in [-0.3, -0.25) is 9.78 Å². The number of benzene rings is 1. The Balaban J connectivity index is 1.54. The van der Waals surface area contributed by atoms with Crippen LogP contribution in [0.1, 0.15) is 16.8 Å². The maximum atomic E-state index is 12.3. The summed E-state index contributed by atoms with van der Waals surface area (Å²) in [4.78, 5) is 17.7. The van der Waals surface area contributed by atoms with Crippen molar-refractivity contribution >= 4 is 23.3 Å². The molecule has 6 heteroatoms. The summed E-state index contributed by atoms with van der Waals surface area (Å²) >= 11 is 1.62. The van der Waals surface area contributed by atoms with Crippen molar-refractivity contribution in [3.8, 4) is 16.3 Å². The number of para-hydroxylation sites is 1. The maximum Gasteiger partial charge on any atom is 0.244 e. The van der Waals surface area contributed by atoms with Crippen LogP contribution in [0.5, 0.6) is 0 Å². The highest BCUT2D eigenvalue weighted by Gasteiger charge is 2.11. The summed E-state index contributed by atoms with van der Waals surface area (Å²) in [6.07, 6.45) is 7.02. The van der Waals surface area contributed by atoms with Gasteiger partial charge in [0.25, 0.3) is 0 Å². The third-order valence-electron chi connectivity index (χ3n) is 4.48. The number of thiophene rings is 1. The van der Waals surface area contributed by atoms with Gasteiger partial charge in [0, 0.05) is 24.0 Å². The number of aryl methyl sites for hydroxylation is 1. The summed E-state index contributed by atoms with van der Waals surface area (Å²) < 4.78 is 1.84. The van der Waals surface area contributed by atoms with E-state index in [0.717, 1.165) is 33.1 Å². The summed E-state index contributed by atoms with van der Waals surface area (Å²) in [6, 6.07) is 17.8. The average Bonchev–Trinajstić information content (AvgIpc) is 3.42. The van der Waals surface area contributed by atoms with Crippen LogP contribution in [-0.2, 0) is 11.3 Å². The fourth-order valence-electron chi connectivity index (χ4n) is 2.93. The third kappa shape index (κ3) is 4.50. The van der Waals surface area contributed by atoms with Gasteiger partial charge in [-0.2, -0.15) is 5.10 Å². The number of hydrogen-bond acceptors (Lipinski definition) is 4.